The van der Waals surface area contributed by atoms with E-state index >= 15 is 0 Å². The van der Waals surface area contributed by atoms with Crippen LogP contribution in [0.5, 0.6) is 0 Å². The first-order chi connectivity index (χ1) is 10.3. The average molecular weight is 286 g/mol. The van der Waals surface area contributed by atoms with E-state index in [1.54, 1.807) is 6.33 Å². The Morgan fingerprint density at radius 3 is 2.48 bits per heavy atom. The number of H-pyrrole nitrogens is 1. The Hall–Kier alpha value is -1.65. The van der Waals surface area contributed by atoms with E-state index in [0.29, 0.717) is 6.04 Å². The molecule has 0 radical (unpaired) electrons. The van der Waals surface area contributed by atoms with Crippen molar-refractivity contribution in [1.29, 1.82) is 0 Å². The largest absolute Gasteiger partial charge is 0.348 e. The number of rotatable bonds is 8. The Morgan fingerprint density at radius 1 is 1.19 bits per heavy atom. The molecular formula is C17H26N4. The van der Waals surface area contributed by atoms with Crippen LogP contribution in [-0.2, 0) is 6.54 Å². The summed E-state index contributed by atoms with van der Waals surface area (Å²) in [5.41, 5.74) is 3.61. The highest BCUT2D eigenvalue weighted by molar-refractivity contribution is 5.19. The molecular weight excluding hydrogens is 260 g/mol. The number of hydrogen-bond donors (Lipinski definition) is 2. The summed E-state index contributed by atoms with van der Waals surface area (Å²) in [6.45, 7) is 10.3. The van der Waals surface area contributed by atoms with Crippen LogP contribution < -0.4 is 5.32 Å². The van der Waals surface area contributed by atoms with Crippen LogP contribution in [0.4, 0.5) is 0 Å². The minimum absolute atomic E-state index is 0.403. The molecule has 21 heavy (non-hydrogen) atoms. The fourth-order valence-corrected chi connectivity index (χ4v) is 2.69. The molecule has 0 aliphatic rings. The molecule has 4 nitrogen and oxygen atoms in total. The van der Waals surface area contributed by atoms with Gasteiger partial charge in [-0.1, -0.05) is 44.2 Å². The third-order valence-electron chi connectivity index (χ3n) is 4.00. The van der Waals surface area contributed by atoms with E-state index in [-0.39, 0.29) is 0 Å². The first-order valence-corrected chi connectivity index (χ1v) is 7.74. The number of nitrogens with zero attached hydrogens (tertiary/aromatic N) is 2. The summed E-state index contributed by atoms with van der Waals surface area (Å²) in [5, 5.41) is 3.55. The lowest BCUT2D eigenvalue weighted by atomic mass is 10.1. The molecule has 0 fully saturated rings. The van der Waals surface area contributed by atoms with Crippen molar-refractivity contribution in [2.45, 2.75) is 33.4 Å². The molecule has 2 rings (SSSR count). The van der Waals surface area contributed by atoms with Crippen LogP contribution in [-0.4, -0.2) is 34.5 Å². The monoisotopic (exact) mass is 286 g/mol. The van der Waals surface area contributed by atoms with Gasteiger partial charge in [-0.2, -0.15) is 0 Å². The van der Waals surface area contributed by atoms with E-state index < -0.39 is 0 Å². The minimum Gasteiger partial charge on any atom is -0.348 e. The highest BCUT2D eigenvalue weighted by atomic mass is 15.2. The van der Waals surface area contributed by atoms with Crippen molar-refractivity contribution in [2.24, 2.45) is 0 Å². The van der Waals surface area contributed by atoms with Crippen LogP contribution in [0.2, 0.25) is 0 Å². The third-order valence-corrected chi connectivity index (χ3v) is 4.00. The van der Waals surface area contributed by atoms with Crippen LogP contribution in [0.15, 0.2) is 36.7 Å². The van der Waals surface area contributed by atoms with Gasteiger partial charge in [-0.3, -0.25) is 4.90 Å². The SMILES string of the molecule is CCN(CC)C(CNCc1nc[nH]c1C)c1ccccc1. The fourth-order valence-electron chi connectivity index (χ4n) is 2.69. The molecule has 114 valence electrons. The quantitative estimate of drug-likeness (QED) is 0.784. The van der Waals surface area contributed by atoms with E-state index in [1.165, 1.54) is 5.56 Å². The zero-order valence-corrected chi connectivity index (χ0v) is 13.3. The number of aromatic nitrogens is 2. The Labute approximate surface area is 127 Å². The van der Waals surface area contributed by atoms with Gasteiger partial charge in [-0.25, -0.2) is 4.98 Å². The molecule has 1 unspecified atom stereocenters. The molecule has 4 heteroatoms. The van der Waals surface area contributed by atoms with Crippen LogP contribution in [0, 0.1) is 6.92 Å². The lowest BCUT2D eigenvalue weighted by Gasteiger charge is -2.30. The molecule has 0 spiro atoms. The van der Waals surface area contributed by atoms with Crippen molar-refractivity contribution in [3.8, 4) is 0 Å². The van der Waals surface area contributed by atoms with E-state index in [4.69, 9.17) is 0 Å². The molecule has 0 aliphatic heterocycles. The maximum atomic E-state index is 4.34. The Bertz CT molecular complexity index is 517. The summed E-state index contributed by atoms with van der Waals surface area (Å²) in [6.07, 6.45) is 1.76. The van der Waals surface area contributed by atoms with Gasteiger partial charge in [-0.15, -0.1) is 0 Å². The number of imidazole rings is 1. The van der Waals surface area contributed by atoms with Crippen molar-refractivity contribution >= 4 is 0 Å². The van der Waals surface area contributed by atoms with Crippen molar-refractivity contribution < 1.29 is 0 Å². The Balaban J connectivity index is 2.01. The minimum atomic E-state index is 0.403. The molecule has 0 bridgehead atoms. The van der Waals surface area contributed by atoms with Gasteiger partial charge < -0.3 is 10.3 Å². The van der Waals surface area contributed by atoms with E-state index in [1.807, 2.05) is 0 Å². The zero-order chi connectivity index (χ0) is 15.1. The molecule has 2 aromatic rings. The average Bonchev–Trinajstić information content (AvgIpc) is 2.93. The second-order valence-corrected chi connectivity index (χ2v) is 5.25. The van der Waals surface area contributed by atoms with Gasteiger partial charge in [-0.05, 0) is 25.6 Å². The van der Waals surface area contributed by atoms with Crippen molar-refractivity contribution in [1.82, 2.24) is 20.2 Å². The van der Waals surface area contributed by atoms with E-state index in [0.717, 1.165) is 37.6 Å². The predicted molar refractivity (Wildman–Crippen MR) is 87.1 cm³/mol. The maximum absolute atomic E-state index is 4.34. The molecule has 2 N–H and O–H groups in total. The van der Waals surface area contributed by atoms with Crippen LogP contribution in [0.3, 0.4) is 0 Å². The van der Waals surface area contributed by atoms with Gasteiger partial charge in [0.15, 0.2) is 0 Å². The summed E-state index contributed by atoms with van der Waals surface area (Å²) >= 11 is 0. The van der Waals surface area contributed by atoms with Gasteiger partial charge >= 0.3 is 0 Å². The molecule has 1 aromatic heterocycles. The molecule has 0 saturated carbocycles. The van der Waals surface area contributed by atoms with Gasteiger partial charge in [0.25, 0.3) is 0 Å². The topological polar surface area (TPSA) is 44.0 Å². The molecule has 1 atom stereocenters. The first-order valence-electron chi connectivity index (χ1n) is 7.74. The predicted octanol–water partition coefficient (Wildman–Crippen LogP) is 2.89. The second kappa shape index (κ2) is 7.96. The van der Waals surface area contributed by atoms with Gasteiger partial charge in [0.05, 0.1) is 12.0 Å². The van der Waals surface area contributed by atoms with Crippen molar-refractivity contribution in [2.75, 3.05) is 19.6 Å². The summed E-state index contributed by atoms with van der Waals surface area (Å²) in [4.78, 5) is 9.95. The highest BCUT2D eigenvalue weighted by Crippen LogP contribution is 2.19. The zero-order valence-electron chi connectivity index (χ0n) is 13.3. The van der Waals surface area contributed by atoms with Gasteiger partial charge in [0.1, 0.15) is 0 Å². The lowest BCUT2D eigenvalue weighted by molar-refractivity contribution is 0.213. The highest BCUT2D eigenvalue weighted by Gasteiger charge is 2.17. The van der Waals surface area contributed by atoms with Crippen LogP contribution in [0.25, 0.3) is 0 Å². The maximum Gasteiger partial charge on any atom is 0.0925 e. The Kier molecular flexibility index (Phi) is 5.96. The molecule has 1 aromatic carbocycles. The molecule has 0 saturated heterocycles. The van der Waals surface area contributed by atoms with Crippen molar-refractivity contribution in [3.63, 3.8) is 0 Å². The molecule has 0 amide bonds. The van der Waals surface area contributed by atoms with Gasteiger partial charge in [0, 0.05) is 24.8 Å². The number of likely N-dealkylation sites (N-methyl/N-ethyl adjacent to an activating group) is 1. The van der Waals surface area contributed by atoms with Crippen LogP contribution >= 0.6 is 0 Å². The standard InChI is InChI=1S/C17H26N4/c1-4-21(5-2)17(15-9-7-6-8-10-15)12-18-11-16-14(3)19-13-20-16/h6-10,13,17-18H,4-5,11-12H2,1-3H3,(H,19,20). The van der Waals surface area contributed by atoms with E-state index in [2.05, 4.69) is 71.3 Å². The second-order valence-electron chi connectivity index (χ2n) is 5.25. The third kappa shape index (κ3) is 4.16. The summed E-state index contributed by atoms with van der Waals surface area (Å²) < 4.78 is 0. The number of aryl methyl sites for hydroxylation is 1. The fraction of sp³-hybridized carbons (Fsp3) is 0.471. The number of nitrogens with one attached hydrogen (secondary N) is 2. The summed E-state index contributed by atoms with van der Waals surface area (Å²) in [7, 11) is 0. The first kappa shape index (κ1) is 15.7. The smallest absolute Gasteiger partial charge is 0.0925 e. The van der Waals surface area contributed by atoms with E-state index in [9.17, 15) is 0 Å². The van der Waals surface area contributed by atoms with Crippen LogP contribution in [0.1, 0.15) is 36.8 Å². The Morgan fingerprint density at radius 2 is 1.90 bits per heavy atom. The lowest BCUT2D eigenvalue weighted by Crippen LogP contribution is -2.35. The van der Waals surface area contributed by atoms with Crippen molar-refractivity contribution in [3.05, 3.63) is 53.6 Å². The number of benzene rings is 1. The summed E-state index contributed by atoms with van der Waals surface area (Å²) in [5.74, 6) is 0. The summed E-state index contributed by atoms with van der Waals surface area (Å²) in [6, 6.07) is 11.1. The number of hydrogen-bond acceptors (Lipinski definition) is 3. The molecule has 0 aliphatic carbocycles. The van der Waals surface area contributed by atoms with Gasteiger partial charge in [0.2, 0.25) is 0 Å². The molecule has 1 heterocycles. The normalized spacial score (nSPS) is 12.8. The number of aromatic amines is 1.